The molecule has 120 valence electrons. The monoisotopic (exact) mass is 311 g/mol. The van der Waals surface area contributed by atoms with Crippen LogP contribution in [0.4, 0.5) is 0 Å². The topological polar surface area (TPSA) is 58.2 Å². The maximum atomic E-state index is 12.7. The summed E-state index contributed by atoms with van der Waals surface area (Å²) in [6.07, 6.45) is 3.98. The number of nitrogens with one attached hydrogen (secondary N) is 1. The average molecular weight is 311 g/mol. The number of carbonyl (C=O) groups is 1. The van der Waals surface area contributed by atoms with Gasteiger partial charge in [0.1, 0.15) is 5.60 Å². The Morgan fingerprint density at radius 3 is 3.13 bits per heavy atom. The number of hydrogen-bond donors (Lipinski definition) is 1. The molecule has 1 aliphatic carbocycles. The van der Waals surface area contributed by atoms with Crippen molar-refractivity contribution in [2.75, 3.05) is 19.7 Å². The Bertz CT molecular complexity index is 735. The molecule has 1 aromatic carbocycles. The van der Waals surface area contributed by atoms with Crippen molar-refractivity contribution in [3.63, 3.8) is 0 Å². The van der Waals surface area contributed by atoms with Gasteiger partial charge in [-0.05, 0) is 30.9 Å². The van der Waals surface area contributed by atoms with E-state index in [9.17, 15) is 4.79 Å². The third kappa shape index (κ3) is 2.45. The van der Waals surface area contributed by atoms with E-state index in [1.807, 2.05) is 11.8 Å². The fraction of sp³-hybridized carbons (Fsp3) is 0.444. The molecule has 1 saturated heterocycles. The van der Waals surface area contributed by atoms with Gasteiger partial charge in [0.25, 0.3) is 0 Å². The summed E-state index contributed by atoms with van der Waals surface area (Å²) in [6, 6.07) is 8.45. The van der Waals surface area contributed by atoms with Gasteiger partial charge in [-0.15, -0.1) is 0 Å². The van der Waals surface area contributed by atoms with Crippen molar-refractivity contribution in [3.05, 3.63) is 53.1 Å². The van der Waals surface area contributed by atoms with Gasteiger partial charge in [-0.3, -0.25) is 4.79 Å². The van der Waals surface area contributed by atoms with Crippen molar-refractivity contribution in [2.45, 2.75) is 31.8 Å². The van der Waals surface area contributed by atoms with Crippen LogP contribution in [-0.2, 0) is 28.0 Å². The average Bonchev–Trinajstić information content (AvgIpc) is 3.13. The van der Waals surface area contributed by atoms with Gasteiger partial charge in [-0.1, -0.05) is 24.3 Å². The van der Waals surface area contributed by atoms with E-state index >= 15 is 0 Å². The Morgan fingerprint density at radius 2 is 2.30 bits per heavy atom. The molecule has 5 heteroatoms. The first kappa shape index (κ1) is 14.5. The summed E-state index contributed by atoms with van der Waals surface area (Å²) in [5, 5.41) is 0. The van der Waals surface area contributed by atoms with Crippen LogP contribution in [0.3, 0.4) is 0 Å². The van der Waals surface area contributed by atoms with Crippen LogP contribution < -0.4 is 0 Å². The van der Waals surface area contributed by atoms with E-state index in [0.29, 0.717) is 26.1 Å². The number of H-pyrrole nitrogens is 1. The smallest absolute Gasteiger partial charge is 0.228 e. The van der Waals surface area contributed by atoms with Crippen molar-refractivity contribution in [3.8, 4) is 0 Å². The number of nitrogens with zero attached hydrogens (tertiary/aromatic N) is 2. The van der Waals surface area contributed by atoms with Gasteiger partial charge in [0, 0.05) is 12.2 Å². The number of morpholine rings is 1. The molecule has 0 bridgehead atoms. The maximum Gasteiger partial charge on any atom is 0.228 e. The molecule has 1 amide bonds. The maximum absolute atomic E-state index is 12.7. The first-order valence-corrected chi connectivity index (χ1v) is 8.17. The summed E-state index contributed by atoms with van der Waals surface area (Å²) < 4.78 is 6.18. The first-order valence-electron chi connectivity index (χ1n) is 8.17. The minimum atomic E-state index is -0.314. The Labute approximate surface area is 135 Å². The standard InChI is InChI=1S/C18H21N3O2/c1-13-16(20-12-19-13)10-17(22)21-8-9-23-18(11-21)7-6-14-4-2-3-5-15(14)18/h2-5,12H,6-11H2,1H3,(H,19,20). The number of hydrogen-bond acceptors (Lipinski definition) is 3. The lowest BCUT2D eigenvalue weighted by Gasteiger charge is -2.41. The van der Waals surface area contributed by atoms with E-state index < -0.39 is 0 Å². The van der Waals surface area contributed by atoms with E-state index in [1.54, 1.807) is 6.33 Å². The molecule has 2 heterocycles. The van der Waals surface area contributed by atoms with Crippen LogP contribution in [0.15, 0.2) is 30.6 Å². The van der Waals surface area contributed by atoms with Gasteiger partial charge >= 0.3 is 0 Å². The normalized spacial score (nSPS) is 23.3. The van der Waals surface area contributed by atoms with Crippen LogP contribution in [0, 0.1) is 6.92 Å². The third-order valence-electron chi connectivity index (χ3n) is 5.10. The van der Waals surface area contributed by atoms with Gasteiger partial charge in [0.15, 0.2) is 0 Å². The fourth-order valence-corrected chi connectivity index (χ4v) is 3.79. The zero-order chi connectivity index (χ0) is 15.9. The van der Waals surface area contributed by atoms with Gasteiger partial charge in [-0.2, -0.15) is 0 Å². The zero-order valence-electron chi connectivity index (χ0n) is 13.3. The van der Waals surface area contributed by atoms with Crippen LogP contribution in [0.25, 0.3) is 0 Å². The SMILES string of the molecule is Cc1[nH]cnc1CC(=O)N1CCOC2(CCc3ccccc32)C1. The Hall–Kier alpha value is -2.14. The second-order valence-electron chi connectivity index (χ2n) is 6.47. The lowest BCUT2D eigenvalue weighted by Crippen LogP contribution is -2.51. The van der Waals surface area contributed by atoms with Crippen LogP contribution in [0.2, 0.25) is 0 Å². The molecule has 1 atom stereocenters. The molecule has 0 saturated carbocycles. The lowest BCUT2D eigenvalue weighted by atomic mass is 9.93. The molecule has 2 aliphatic rings. The molecule has 5 nitrogen and oxygen atoms in total. The summed E-state index contributed by atoms with van der Waals surface area (Å²) in [5.41, 5.74) is 4.10. The van der Waals surface area contributed by atoms with Crippen LogP contribution in [-0.4, -0.2) is 40.5 Å². The Balaban J connectivity index is 1.54. The van der Waals surface area contributed by atoms with E-state index in [2.05, 4.69) is 34.2 Å². The van der Waals surface area contributed by atoms with Crippen molar-refractivity contribution in [1.82, 2.24) is 14.9 Å². The van der Waals surface area contributed by atoms with Crippen molar-refractivity contribution in [1.29, 1.82) is 0 Å². The lowest BCUT2D eigenvalue weighted by molar-refractivity contribution is -0.151. The zero-order valence-corrected chi connectivity index (χ0v) is 13.3. The number of aromatic nitrogens is 2. The van der Waals surface area contributed by atoms with Gasteiger partial charge in [0.2, 0.25) is 5.91 Å². The minimum Gasteiger partial charge on any atom is -0.367 e. The van der Waals surface area contributed by atoms with Gasteiger partial charge < -0.3 is 14.6 Å². The minimum absolute atomic E-state index is 0.132. The number of carbonyl (C=O) groups excluding carboxylic acids is 1. The van der Waals surface area contributed by atoms with Gasteiger partial charge in [0.05, 0.1) is 31.6 Å². The summed E-state index contributed by atoms with van der Waals surface area (Å²) in [4.78, 5) is 21.9. The highest BCUT2D eigenvalue weighted by Crippen LogP contribution is 2.42. The molecule has 4 rings (SSSR count). The van der Waals surface area contributed by atoms with Crippen molar-refractivity contribution >= 4 is 5.91 Å². The summed E-state index contributed by atoms with van der Waals surface area (Å²) >= 11 is 0. The molecule has 1 unspecified atom stereocenters. The molecule has 1 spiro atoms. The molecule has 1 aromatic heterocycles. The Morgan fingerprint density at radius 1 is 1.43 bits per heavy atom. The Kier molecular flexibility index (Phi) is 3.45. The summed E-state index contributed by atoms with van der Waals surface area (Å²) in [6.45, 7) is 3.85. The van der Waals surface area contributed by atoms with Crippen LogP contribution >= 0.6 is 0 Å². The summed E-state index contributed by atoms with van der Waals surface area (Å²) in [5.74, 6) is 0.132. The highest BCUT2D eigenvalue weighted by Gasteiger charge is 2.44. The number of imidazole rings is 1. The molecule has 1 fully saturated rings. The molecule has 1 N–H and O–H groups in total. The van der Waals surface area contributed by atoms with Crippen LogP contribution in [0.5, 0.6) is 0 Å². The first-order chi connectivity index (χ1) is 11.2. The van der Waals surface area contributed by atoms with Crippen molar-refractivity contribution < 1.29 is 9.53 Å². The number of aryl methyl sites for hydroxylation is 2. The van der Waals surface area contributed by atoms with E-state index in [1.165, 1.54) is 11.1 Å². The molecule has 2 aromatic rings. The van der Waals surface area contributed by atoms with E-state index in [0.717, 1.165) is 24.2 Å². The molecule has 1 aliphatic heterocycles. The number of ether oxygens (including phenoxy) is 1. The molecular formula is C18H21N3O2. The third-order valence-corrected chi connectivity index (χ3v) is 5.10. The number of aromatic amines is 1. The quantitative estimate of drug-likeness (QED) is 0.922. The number of fused-ring (bicyclic) bond motifs is 2. The molecule has 0 radical (unpaired) electrons. The predicted molar refractivity (Wildman–Crippen MR) is 86.0 cm³/mol. The fourth-order valence-electron chi connectivity index (χ4n) is 3.79. The highest BCUT2D eigenvalue weighted by atomic mass is 16.5. The van der Waals surface area contributed by atoms with E-state index in [-0.39, 0.29) is 11.5 Å². The van der Waals surface area contributed by atoms with Crippen molar-refractivity contribution in [2.24, 2.45) is 0 Å². The second-order valence-corrected chi connectivity index (χ2v) is 6.47. The molecule has 23 heavy (non-hydrogen) atoms. The number of rotatable bonds is 2. The predicted octanol–water partition coefficient (Wildman–Crippen LogP) is 1.96. The number of amides is 1. The summed E-state index contributed by atoms with van der Waals surface area (Å²) in [7, 11) is 0. The largest absolute Gasteiger partial charge is 0.367 e. The molecular weight excluding hydrogens is 290 g/mol. The number of benzene rings is 1. The highest BCUT2D eigenvalue weighted by molar-refractivity contribution is 5.78. The van der Waals surface area contributed by atoms with Gasteiger partial charge in [-0.25, -0.2) is 4.98 Å². The van der Waals surface area contributed by atoms with E-state index in [4.69, 9.17) is 4.74 Å². The van der Waals surface area contributed by atoms with Crippen LogP contribution in [0.1, 0.15) is 28.9 Å². The second kappa shape index (κ2) is 5.49.